The van der Waals surface area contributed by atoms with E-state index in [4.69, 9.17) is 13.9 Å². The molecule has 9 rings (SSSR count). The predicted molar refractivity (Wildman–Crippen MR) is 224 cm³/mol. The van der Waals surface area contributed by atoms with Gasteiger partial charge < -0.3 is 23.7 Å². The topological polar surface area (TPSA) is 51.0 Å². The predicted octanol–water partition coefficient (Wildman–Crippen LogP) is 13.4. The Morgan fingerprint density at radius 1 is 0.545 bits per heavy atom. The molecular weight excluding hydrogens is 679 g/mol. The molecule has 0 unspecified atom stereocenters. The van der Waals surface area contributed by atoms with Crippen LogP contribution < -0.4 is 19.3 Å². The van der Waals surface area contributed by atoms with Crippen molar-refractivity contribution < 1.29 is 13.9 Å². The molecule has 0 saturated carbocycles. The molecule has 0 spiro atoms. The van der Waals surface area contributed by atoms with Gasteiger partial charge in [-0.25, -0.2) is 0 Å². The summed E-state index contributed by atoms with van der Waals surface area (Å²) in [5.41, 5.74) is 8.88. The first-order chi connectivity index (χ1) is 26.6. The Balaban J connectivity index is 1.12. The Kier molecular flexibility index (Phi) is 8.34. The van der Waals surface area contributed by atoms with Crippen LogP contribution in [0.2, 0.25) is 0 Å². The van der Waals surface area contributed by atoms with Gasteiger partial charge in [-0.3, -0.25) is 4.98 Å². The average molecular weight is 722 g/mol. The van der Waals surface area contributed by atoms with Gasteiger partial charge in [-0.2, -0.15) is 0 Å². The Morgan fingerprint density at radius 3 is 2.04 bits per heavy atom. The molecule has 2 aromatic heterocycles. The fourth-order valence-electron chi connectivity index (χ4n) is 7.69. The molecule has 3 heterocycles. The summed E-state index contributed by atoms with van der Waals surface area (Å²) < 4.78 is 19.7. The minimum Gasteiger partial charge on any atom is -0.457 e. The third-order valence-corrected chi connectivity index (χ3v) is 10.7. The number of fused-ring (bicyclic) bond motifs is 4. The number of nitrogens with zero attached hydrogens (tertiary/aromatic N) is 3. The Bertz CT molecular complexity index is 2670. The summed E-state index contributed by atoms with van der Waals surface area (Å²) in [7, 11) is 0. The van der Waals surface area contributed by atoms with E-state index in [9.17, 15) is 0 Å². The maximum atomic E-state index is 6.75. The number of aromatic nitrogens is 1. The first-order valence-corrected chi connectivity index (χ1v) is 18.8. The molecule has 0 N–H and O–H groups in total. The molecule has 0 amide bonds. The van der Waals surface area contributed by atoms with Crippen molar-refractivity contribution in [2.75, 3.05) is 16.5 Å². The van der Waals surface area contributed by atoms with Crippen molar-refractivity contribution in [2.24, 2.45) is 0 Å². The molecule has 0 radical (unpaired) electrons. The summed E-state index contributed by atoms with van der Waals surface area (Å²) in [5, 5.41) is 2.16. The van der Waals surface area contributed by atoms with Crippen LogP contribution in [0.3, 0.4) is 0 Å². The number of para-hydroxylation sites is 5. The fraction of sp³-hybridized carbons (Fsp3) is 0.163. The third kappa shape index (κ3) is 6.33. The minimum absolute atomic E-state index is 0.111. The average Bonchev–Trinajstić information content (AvgIpc) is 3.77. The summed E-state index contributed by atoms with van der Waals surface area (Å²) in [4.78, 5) is 9.10. The van der Waals surface area contributed by atoms with E-state index in [2.05, 4.69) is 146 Å². The number of rotatable bonds is 8. The van der Waals surface area contributed by atoms with E-state index in [-0.39, 0.29) is 10.8 Å². The second kappa shape index (κ2) is 13.4. The van der Waals surface area contributed by atoms with Crippen LogP contribution in [-0.2, 0) is 10.8 Å². The summed E-state index contributed by atoms with van der Waals surface area (Å²) in [6.45, 7) is 11.7. The van der Waals surface area contributed by atoms with Gasteiger partial charge >= 0.3 is 0 Å². The molecule has 6 heteroatoms. The van der Waals surface area contributed by atoms with Crippen LogP contribution >= 0.6 is 0 Å². The van der Waals surface area contributed by atoms with Crippen LogP contribution in [0.25, 0.3) is 21.9 Å². The molecule has 0 atom stereocenters. The Hall–Kier alpha value is -6.53. The molecule has 8 aromatic rings. The van der Waals surface area contributed by atoms with Crippen molar-refractivity contribution in [1.29, 1.82) is 0 Å². The first kappa shape index (κ1) is 34.3. The van der Waals surface area contributed by atoms with E-state index in [1.807, 2.05) is 60.9 Å². The standard InChI is InChI=1S/C49H43N3O3/c1-48(2,3)40-25-26-50-31-47(40)55-45-22-14-12-20-43(45)52-32-51(41-18-10-11-19-42(41)52)35-27-34(49(4,5)33-15-7-6-8-16-33)28-37(29-35)53-36-23-24-39-38-17-9-13-21-44(38)54-46(39)30-36/h6-31H,32H2,1-5H3. The van der Waals surface area contributed by atoms with E-state index in [0.29, 0.717) is 12.4 Å². The lowest BCUT2D eigenvalue weighted by atomic mass is 9.78. The number of hydrogen-bond donors (Lipinski definition) is 0. The van der Waals surface area contributed by atoms with Gasteiger partial charge in [0.15, 0.2) is 5.75 Å². The van der Waals surface area contributed by atoms with E-state index in [1.54, 1.807) is 0 Å². The summed E-state index contributed by atoms with van der Waals surface area (Å²) >= 11 is 0. The van der Waals surface area contributed by atoms with Gasteiger partial charge in [0.05, 0.1) is 23.3 Å². The van der Waals surface area contributed by atoms with Gasteiger partial charge in [-0.15, -0.1) is 0 Å². The van der Waals surface area contributed by atoms with Crippen LogP contribution in [0.15, 0.2) is 162 Å². The van der Waals surface area contributed by atoms with Crippen LogP contribution in [0.5, 0.6) is 23.0 Å². The number of hydrogen-bond acceptors (Lipinski definition) is 6. The van der Waals surface area contributed by atoms with Crippen molar-refractivity contribution in [3.63, 3.8) is 0 Å². The molecule has 0 aliphatic carbocycles. The molecular formula is C49H43N3O3. The lowest BCUT2D eigenvalue weighted by molar-refractivity contribution is 0.453. The third-order valence-electron chi connectivity index (χ3n) is 10.7. The lowest BCUT2D eigenvalue weighted by Crippen LogP contribution is -2.25. The molecule has 1 aliphatic rings. The number of pyridine rings is 1. The van der Waals surface area contributed by atoms with Crippen LogP contribution in [0.4, 0.5) is 22.7 Å². The molecule has 6 nitrogen and oxygen atoms in total. The normalized spacial score (nSPS) is 13.0. The largest absolute Gasteiger partial charge is 0.457 e. The summed E-state index contributed by atoms with van der Waals surface area (Å²) in [6.07, 6.45) is 3.64. The summed E-state index contributed by atoms with van der Waals surface area (Å²) in [6, 6.07) is 50.3. The highest BCUT2D eigenvalue weighted by Gasteiger charge is 2.32. The number of ether oxygens (including phenoxy) is 2. The van der Waals surface area contributed by atoms with Crippen LogP contribution in [0.1, 0.15) is 51.3 Å². The number of benzene rings is 6. The maximum Gasteiger partial charge on any atom is 0.151 e. The quantitative estimate of drug-likeness (QED) is 0.156. The van der Waals surface area contributed by atoms with Gasteiger partial charge in [0.1, 0.15) is 35.1 Å². The highest BCUT2D eigenvalue weighted by atomic mass is 16.5. The minimum atomic E-state index is -0.314. The van der Waals surface area contributed by atoms with Gasteiger partial charge in [-0.1, -0.05) is 107 Å². The molecule has 6 aromatic carbocycles. The second-order valence-corrected chi connectivity index (χ2v) is 15.7. The maximum absolute atomic E-state index is 6.75. The number of furan rings is 1. The van der Waals surface area contributed by atoms with Gasteiger partial charge in [-0.05, 0) is 77.2 Å². The highest BCUT2D eigenvalue weighted by Crippen LogP contribution is 2.49. The van der Waals surface area contributed by atoms with E-state index < -0.39 is 0 Å². The SMILES string of the molecule is CC(C)(C)c1ccncc1Oc1ccccc1N1CN(c2cc(Oc3ccc4c(c3)oc3ccccc34)cc(C(C)(C)c3ccccc3)c2)c2ccccc21. The zero-order valence-corrected chi connectivity index (χ0v) is 31.8. The smallest absolute Gasteiger partial charge is 0.151 e. The van der Waals surface area contributed by atoms with Gasteiger partial charge in [0.2, 0.25) is 0 Å². The van der Waals surface area contributed by atoms with Crippen LogP contribution in [0, 0.1) is 0 Å². The molecule has 55 heavy (non-hydrogen) atoms. The van der Waals surface area contributed by atoms with E-state index in [1.165, 1.54) is 5.56 Å². The molecule has 272 valence electrons. The summed E-state index contributed by atoms with van der Waals surface area (Å²) in [5.74, 6) is 2.98. The fourth-order valence-corrected chi connectivity index (χ4v) is 7.69. The molecule has 0 fully saturated rings. The second-order valence-electron chi connectivity index (χ2n) is 15.7. The van der Waals surface area contributed by atoms with E-state index in [0.717, 1.165) is 73.1 Å². The van der Waals surface area contributed by atoms with Gasteiger partial charge in [0, 0.05) is 45.8 Å². The Labute approximate surface area is 322 Å². The van der Waals surface area contributed by atoms with Crippen molar-refractivity contribution in [3.05, 3.63) is 175 Å². The highest BCUT2D eigenvalue weighted by molar-refractivity contribution is 6.05. The van der Waals surface area contributed by atoms with E-state index >= 15 is 0 Å². The Morgan fingerprint density at radius 2 is 1.24 bits per heavy atom. The number of anilines is 4. The van der Waals surface area contributed by atoms with Crippen molar-refractivity contribution >= 4 is 44.7 Å². The zero-order valence-electron chi connectivity index (χ0n) is 31.8. The molecule has 0 saturated heterocycles. The molecule has 1 aliphatic heterocycles. The van der Waals surface area contributed by atoms with Crippen LogP contribution in [-0.4, -0.2) is 11.7 Å². The first-order valence-electron chi connectivity index (χ1n) is 18.8. The van der Waals surface area contributed by atoms with Crippen molar-refractivity contribution in [3.8, 4) is 23.0 Å². The molecule has 0 bridgehead atoms. The van der Waals surface area contributed by atoms with Crippen molar-refractivity contribution in [2.45, 2.75) is 45.4 Å². The van der Waals surface area contributed by atoms with Gasteiger partial charge in [0.25, 0.3) is 0 Å². The zero-order chi connectivity index (χ0) is 37.7. The van der Waals surface area contributed by atoms with Crippen molar-refractivity contribution in [1.82, 2.24) is 4.98 Å². The lowest BCUT2D eigenvalue weighted by Gasteiger charge is -2.29. The monoisotopic (exact) mass is 721 g/mol.